The van der Waals surface area contributed by atoms with Crippen molar-refractivity contribution in [3.63, 3.8) is 0 Å². The summed E-state index contributed by atoms with van der Waals surface area (Å²) in [6.07, 6.45) is 1.15. The molecule has 0 saturated heterocycles. The van der Waals surface area contributed by atoms with Crippen LogP contribution in [0.2, 0.25) is 0 Å². The number of nitrogens with zero attached hydrogens (tertiary/aromatic N) is 4. The zero-order chi connectivity index (χ0) is 18.5. The van der Waals surface area contributed by atoms with E-state index in [-0.39, 0.29) is 29.6 Å². The maximum Gasteiger partial charge on any atom is 0.263 e. The van der Waals surface area contributed by atoms with Gasteiger partial charge in [-0.3, -0.25) is 9.59 Å². The van der Waals surface area contributed by atoms with Crippen molar-refractivity contribution >= 4 is 5.91 Å². The molecule has 3 N–H and O–H groups in total. The lowest BCUT2D eigenvalue weighted by atomic mass is 10.2. The number of amides is 1. The summed E-state index contributed by atoms with van der Waals surface area (Å²) in [6, 6.07) is 4.87. The number of carbonyl (C=O) groups excluding carboxylic acids is 1. The third-order valence-corrected chi connectivity index (χ3v) is 3.38. The second kappa shape index (κ2) is 7.51. The van der Waals surface area contributed by atoms with Crippen LogP contribution in [-0.2, 0) is 6.61 Å². The van der Waals surface area contributed by atoms with Gasteiger partial charge < -0.3 is 15.0 Å². The van der Waals surface area contributed by atoms with Crippen LogP contribution < -0.4 is 15.6 Å². The van der Waals surface area contributed by atoms with Crippen molar-refractivity contribution in [1.29, 1.82) is 0 Å². The van der Waals surface area contributed by atoms with Crippen LogP contribution in [0.5, 0.6) is 5.75 Å². The highest BCUT2D eigenvalue weighted by Crippen LogP contribution is 2.12. The lowest BCUT2D eigenvalue weighted by Gasteiger charge is -2.10. The first-order valence-electron chi connectivity index (χ1n) is 7.53. The molecule has 0 radical (unpaired) electrons. The van der Waals surface area contributed by atoms with Gasteiger partial charge in [-0.1, -0.05) is 5.21 Å². The largest absolute Gasteiger partial charge is 0.486 e. The van der Waals surface area contributed by atoms with Crippen LogP contribution >= 0.6 is 0 Å². The predicted octanol–water partition coefficient (Wildman–Crippen LogP) is 0.492. The zero-order valence-electron chi connectivity index (χ0n) is 13.6. The van der Waals surface area contributed by atoms with Crippen LogP contribution in [0.25, 0.3) is 0 Å². The lowest BCUT2D eigenvalue weighted by molar-refractivity contribution is 0.0936. The number of tetrazole rings is 1. The number of nitrogens with one attached hydrogen (secondary N) is 3. The van der Waals surface area contributed by atoms with E-state index in [0.717, 1.165) is 6.20 Å². The lowest BCUT2D eigenvalue weighted by Crippen LogP contribution is -2.32. The first kappa shape index (κ1) is 17.2. The molecule has 11 heteroatoms. The molecule has 0 bridgehead atoms. The standard InChI is InChI=1S/C15H14FN7O3/c1-8(13-20-22-23-21-13)18-14(24)11-6-17-12(19-15(11)25)7-26-10-4-2-9(16)3-5-10/h2-6,8H,7H2,1H3,(H,18,24)(H,17,19,25)(H,20,21,22,23). The number of hydrogen-bond donors (Lipinski definition) is 3. The third-order valence-electron chi connectivity index (χ3n) is 3.38. The molecule has 3 rings (SSSR count). The van der Waals surface area contributed by atoms with Crippen molar-refractivity contribution in [2.75, 3.05) is 0 Å². The van der Waals surface area contributed by atoms with Gasteiger partial charge in [-0.2, -0.15) is 5.21 Å². The minimum absolute atomic E-state index is 0.0396. The van der Waals surface area contributed by atoms with E-state index in [0.29, 0.717) is 5.75 Å². The van der Waals surface area contributed by atoms with E-state index in [1.165, 1.54) is 24.3 Å². The fourth-order valence-corrected chi connectivity index (χ4v) is 2.04. The third kappa shape index (κ3) is 4.06. The molecule has 3 aromatic rings. The highest BCUT2D eigenvalue weighted by Gasteiger charge is 2.17. The van der Waals surface area contributed by atoms with Gasteiger partial charge in [0.25, 0.3) is 11.5 Å². The average molecular weight is 359 g/mol. The molecular formula is C15H14FN7O3. The molecule has 2 heterocycles. The second-order valence-corrected chi connectivity index (χ2v) is 5.28. The van der Waals surface area contributed by atoms with Crippen molar-refractivity contribution in [2.24, 2.45) is 0 Å². The first-order valence-corrected chi connectivity index (χ1v) is 7.53. The molecule has 0 aliphatic carbocycles. The van der Waals surface area contributed by atoms with E-state index in [4.69, 9.17) is 4.74 Å². The van der Waals surface area contributed by atoms with Gasteiger partial charge in [0.05, 0.1) is 6.04 Å². The van der Waals surface area contributed by atoms with Crippen molar-refractivity contribution in [3.05, 3.63) is 63.8 Å². The maximum absolute atomic E-state index is 12.8. The van der Waals surface area contributed by atoms with Gasteiger partial charge >= 0.3 is 0 Å². The van der Waals surface area contributed by atoms with Gasteiger partial charge in [0, 0.05) is 6.20 Å². The van der Waals surface area contributed by atoms with E-state index in [1.54, 1.807) is 6.92 Å². The summed E-state index contributed by atoms with van der Waals surface area (Å²) < 4.78 is 18.2. The van der Waals surface area contributed by atoms with Gasteiger partial charge in [0.1, 0.15) is 29.6 Å². The fourth-order valence-electron chi connectivity index (χ4n) is 2.04. The monoisotopic (exact) mass is 359 g/mol. The minimum atomic E-state index is -0.623. The van der Waals surface area contributed by atoms with Crippen molar-refractivity contribution < 1.29 is 13.9 Å². The Morgan fingerprint density at radius 1 is 1.35 bits per heavy atom. The van der Waals surface area contributed by atoms with Gasteiger partial charge in [-0.05, 0) is 31.2 Å². The Morgan fingerprint density at radius 3 is 2.77 bits per heavy atom. The van der Waals surface area contributed by atoms with Crippen LogP contribution in [0.4, 0.5) is 4.39 Å². The number of benzene rings is 1. The molecule has 0 saturated carbocycles. The molecule has 134 valence electrons. The number of ether oxygens (including phenoxy) is 1. The summed E-state index contributed by atoms with van der Waals surface area (Å²) in [7, 11) is 0. The summed E-state index contributed by atoms with van der Waals surface area (Å²) in [6.45, 7) is 1.61. The van der Waals surface area contributed by atoms with Gasteiger partial charge in [-0.25, -0.2) is 9.37 Å². The minimum Gasteiger partial charge on any atom is -0.486 e. The Labute approximate surface area is 145 Å². The topological polar surface area (TPSA) is 139 Å². The van der Waals surface area contributed by atoms with E-state index in [2.05, 4.69) is 35.9 Å². The highest BCUT2D eigenvalue weighted by molar-refractivity contribution is 5.93. The summed E-state index contributed by atoms with van der Waals surface area (Å²) in [5, 5.41) is 15.8. The summed E-state index contributed by atoms with van der Waals surface area (Å²) >= 11 is 0. The van der Waals surface area contributed by atoms with Gasteiger partial charge in [0.15, 0.2) is 5.82 Å². The van der Waals surface area contributed by atoms with E-state index in [1.807, 2.05) is 0 Å². The molecule has 1 amide bonds. The van der Waals surface area contributed by atoms with E-state index in [9.17, 15) is 14.0 Å². The second-order valence-electron chi connectivity index (χ2n) is 5.28. The molecular weight excluding hydrogens is 345 g/mol. The van der Waals surface area contributed by atoms with Crippen LogP contribution in [0.1, 0.15) is 35.0 Å². The molecule has 1 unspecified atom stereocenters. The predicted molar refractivity (Wildman–Crippen MR) is 85.6 cm³/mol. The van der Waals surface area contributed by atoms with E-state index < -0.39 is 17.5 Å². The molecule has 1 aromatic carbocycles. The van der Waals surface area contributed by atoms with Crippen molar-refractivity contribution in [1.82, 2.24) is 35.9 Å². The number of carbonyl (C=O) groups is 1. The maximum atomic E-state index is 12.8. The van der Waals surface area contributed by atoms with Crippen LogP contribution in [0.15, 0.2) is 35.3 Å². The van der Waals surface area contributed by atoms with E-state index >= 15 is 0 Å². The molecule has 0 spiro atoms. The van der Waals surface area contributed by atoms with Crippen LogP contribution in [0.3, 0.4) is 0 Å². The van der Waals surface area contributed by atoms with Crippen LogP contribution in [-0.4, -0.2) is 36.5 Å². The highest BCUT2D eigenvalue weighted by atomic mass is 19.1. The molecule has 10 nitrogen and oxygen atoms in total. The molecule has 0 aliphatic rings. The Morgan fingerprint density at radius 2 is 2.12 bits per heavy atom. The number of H-pyrrole nitrogens is 2. The Kier molecular flexibility index (Phi) is 4.97. The zero-order valence-corrected chi connectivity index (χ0v) is 13.6. The molecule has 1 atom stereocenters. The van der Waals surface area contributed by atoms with Gasteiger partial charge in [-0.15, -0.1) is 10.2 Å². The number of hydrogen-bond acceptors (Lipinski definition) is 7. The van der Waals surface area contributed by atoms with Gasteiger partial charge in [0.2, 0.25) is 0 Å². The molecule has 2 aromatic heterocycles. The van der Waals surface area contributed by atoms with Crippen molar-refractivity contribution in [2.45, 2.75) is 19.6 Å². The summed E-state index contributed by atoms with van der Waals surface area (Å²) in [5.41, 5.74) is -0.776. The number of halogens is 1. The smallest absolute Gasteiger partial charge is 0.263 e. The number of aromatic nitrogens is 6. The summed E-state index contributed by atoms with van der Waals surface area (Å²) in [5.74, 6) is -0.0738. The quantitative estimate of drug-likeness (QED) is 0.582. The Balaban J connectivity index is 1.64. The molecule has 0 aliphatic heterocycles. The summed E-state index contributed by atoms with van der Waals surface area (Å²) in [4.78, 5) is 30.7. The Bertz CT molecular complexity index is 941. The molecule has 26 heavy (non-hydrogen) atoms. The SMILES string of the molecule is CC(NC(=O)c1cnc(COc2ccc(F)cc2)[nH]c1=O)c1nn[nH]n1. The normalized spacial score (nSPS) is 11.8. The van der Waals surface area contributed by atoms with Crippen molar-refractivity contribution in [3.8, 4) is 5.75 Å². The fraction of sp³-hybridized carbons (Fsp3) is 0.200. The average Bonchev–Trinajstić information content (AvgIpc) is 3.16. The molecule has 0 fully saturated rings. The first-order chi connectivity index (χ1) is 12.5. The number of rotatable bonds is 6. The van der Waals surface area contributed by atoms with Crippen LogP contribution in [0, 0.1) is 5.82 Å². The number of aromatic amines is 2. The Hall–Kier alpha value is -3.63.